The molecule has 0 unspecified atom stereocenters. The first-order valence-corrected chi connectivity index (χ1v) is 9.81. The van der Waals surface area contributed by atoms with Crippen LogP contribution in [0, 0.1) is 13.8 Å². The van der Waals surface area contributed by atoms with Crippen LogP contribution >= 0.6 is 0 Å². The second-order valence-electron chi connectivity index (χ2n) is 7.45. The molecule has 1 aromatic carbocycles. The van der Waals surface area contributed by atoms with Crippen LogP contribution in [0.1, 0.15) is 35.2 Å². The first kappa shape index (κ1) is 20.1. The molecule has 0 aliphatic carbocycles. The fourth-order valence-corrected chi connectivity index (χ4v) is 3.72. The molecular weight excluding hydrogens is 356 g/mol. The molecule has 7 heteroatoms. The van der Waals surface area contributed by atoms with Crippen molar-refractivity contribution >= 4 is 5.91 Å². The summed E-state index contributed by atoms with van der Waals surface area (Å²) in [7, 11) is 0. The lowest BCUT2D eigenvalue weighted by molar-refractivity contribution is -0.131. The highest BCUT2D eigenvalue weighted by molar-refractivity contribution is 5.76. The van der Waals surface area contributed by atoms with E-state index in [0.717, 1.165) is 32.6 Å². The number of hydrogen-bond acceptors (Lipinski definition) is 4. The molecule has 7 nitrogen and oxygen atoms in total. The highest BCUT2D eigenvalue weighted by Crippen LogP contribution is 2.13. The van der Waals surface area contributed by atoms with E-state index in [1.54, 1.807) is 6.92 Å². The fourth-order valence-electron chi connectivity index (χ4n) is 3.72. The van der Waals surface area contributed by atoms with Crippen molar-refractivity contribution in [2.45, 2.75) is 39.7 Å². The molecule has 3 rings (SSSR count). The van der Waals surface area contributed by atoms with Gasteiger partial charge in [-0.2, -0.15) is 0 Å². The number of nitrogens with one attached hydrogen (secondary N) is 2. The van der Waals surface area contributed by atoms with Crippen LogP contribution in [0.2, 0.25) is 0 Å². The van der Waals surface area contributed by atoms with Crippen molar-refractivity contribution in [3.05, 3.63) is 67.5 Å². The van der Waals surface area contributed by atoms with Gasteiger partial charge in [0.15, 0.2) is 0 Å². The van der Waals surface area contributed by atoms with Crippen LogP contribution in [0.3, 0.4) is 0 Å². The average molecular weight is 384 g/mol. The fraction of sp³-hybridized carbons (Fsp3) is 0.476. The molecule has 2 N–H and O–H groups in total. The van der Waals surface area contributed by atoms with Gasteiger partial charge in [0, 0.05) is 50.4 Å². The molecule has 0 bridgehead atoms. The summed E-state index contributed by atoms with van der Waals surface area (Å²) in [6.45, 7) is 7.97. The Labute approximate surface area is 164 Å². The second kappa shape index (κ2) is 9.01. The van der Waals surface area contributed by atoms with Gasteiger partial charge in [0.25, 0.3) is 5.56 Å². The zero-order valence-corrected chi connectivity index (χ0v) is 16.6. The van der Waals surface area contributed by atoms with E-state index in [1.165, 1.54) is 11.1 Å². The number of carbonyl (C=O) groups excluding carboxylic acids is 1. The summed E-state index contributed by atoms with van der Waals surface area (Å²) in [5.74, 6) is 0.0581. The molecule has 1 aromatic heterocycles. The lowest BCUT2D eigenvalue weighted by Crippen LogP contribution is -2.36. The van der Waals surface area contributed by atoms with Crippen LogP contribution in [0.15, 0.2) is 33.9 Å². The molecule has 2 aromatic rings. The predicted molar refractivity (Wildman–Crippen MR) is 108 cm³/mol. The number of hydrogen-bond donors (Lipinski definition) is 2. The van der Waals surface area contributed by atoms with Crippen molar-refractivity contribution in [3.63, 3.8) is 0 Å². The number of carbonyl (C=O) groups is 1. The van der Waals surface area contributed by atoms with Gasteiger partial charge in [-0.3, -0.25) is 19.5 Å². The Morgan fingerprint density at radius 1 is 1.04 bits per heavy atom. The Bertz CT molecular complexity index is 947. The molecule has 1 aliphatic heterocycles. The Morgan fingerprint density at radius 3 is 2.57 bits per heavy atom. The number of amides is 1. The molecule has 28 heavy (non-hydrogen) atoms. The lowest BCUT2D eigenvalue weighted by Gasteiger charge is -2.22. The summed E-state index contributed by atoms with van der Waals surface area (Å²) in [5.41, 5.74) is 2.70. The summed E-state index contributed by atoms with van der Waals surface area (Å²) in [6.07, 6.45) is 1.55. The Hall–Kier alpha value is -2.67. The SMILES string of the molecule is Cc1ccccc1CN1CCCN(C(=O)CCc2c(C)[nH]c(=O)[nH]c2=O)CC1. The van der Waals surface area contributed by atoms with E-state index in [9.17, 15) is 14.4 Å². The summed E-state index contributed by atoms with van der Waals surface area (Å²) in [5, 5.41) is 0. The van der Waals surface area contributed by atoms with Crippen LogP contribution in [0.4, 0.5) is 0 Å². The maximum Gasteiger partial charge on any atom is 0.325 e. The van der Waals surface area contributed by atoms with E-state index in [4.69, 9.17) is 0 Å². The number of aromatic amines is 2. The average Bonchev–Trinajstić information content (AvgIpc) is 2.88. The van der Waals surface area contributed by atoms with Gasteiger partial charge in [0.05, 0.1) is 0 Å². The molecule has 0 radical (unpaired) electrons. The molecule has 1 aliphatic rings. The third kappa shape index (κ3) is 4.98. The number of rotatable bonds is 5. The van der Waals surface area contributed by atoms with Gasteiger partial charge in [0.1, 0.15) is 0 Å². The quantitative estimate of drug-likeness (QED) is 0.814. The van der Waals surface area contributed by atoms with Gasteiger partial charge < -0.3 is 9.88 Å². The zero-order valence-electron chi connectivity index (χ0n) is 16.6. The van der Waals surface area contributed by atoms with E-state index < -0.39 is 11.2 Å². The standard InChI is InChI=1S/C21H28N4O3/c1-15-6-3-4-7-17(15)14-24-10-5-11-25(13-12-24)19(26)9-8-18-16(2)22-21(28)23-20(18)27/h3-4,6-7H,5,8-14H2,1-2H3,(H2,22,23,27,28). The highest BCUT2D eigenvalue weighted by Gasteiger charge is 2.20. The minimum atomic E-state index is -0.515. The van der Waals surface area contributed by atoms with E-state index in [-0.39, 0.29) is 12.3 Å². The minimum Gasteiger partial charge on any atom is -0.341 e. The number of aryl methyl sites for hydroxylation is 2. The molecule has 1 saturated heterocycles. The maximum atomic E-state index is 12.7. The number of benzene rings is 1. The predicted octanol–water partition coefficient (Wildman–Crippen LogP) is 1.35. The van der Waals surface area contributed by atoms with Crippen molar-refractivity contribution in [2.24, 2.45) is 0 Å². The largest absolute Gasteiger partial charge is 0.341 e. The molecule has 1 amide bonds. The third-order valence-electron chi connectivity index (χ3n) is 5.44. The molecule has 0 atom stereocenters. The van der Waals surface area contributed by atoms with Crippen LogP contribution < -0.4 is 11.2 Å². The van der Waals surface area contributed by atoms with Gasteiger partial charge in [0.2, 0.25) is 5.91 Å². The van der Waals surface area contributed by atoms with E-state index in [2.05, 4.69) is 46.1 Å². The van der Waals surface area contributed by atoms with Gasteiger partial charge in [-0.05, 0) is 37.8 Å². The lowest BCUT2D eigenvalue weighted by atomic mass is 10.1. The summed E-state index contributed by atoms with van der Waals surface area (Å²) in [4.78, 5) is 45.0. The van der Waals surface area contributed by atoms with Crippen molar-refractivity contribution < 1.29 is 4.79 Å². The second-order valence-corrected chi connectivity index (χ2v) is 7.45. The maximum absolute atomic E-state index is 12.7. The van der Waals surface area contributed by atoms with Crippen molar-refractivity contribution in [1.29, 1.82) is 0 Å². The Morgan fingerprint density at radius 2 is 1.82 bits per heavy atom. The minimum absolute atomic E-state index is 0.0581. The normalized spacial score (nSPS) is 15.4. The molecular formula is C21H28N4O3. The monoisotopic (exact) mass is 384 g/mol. The Balaban J connectivity index is 1.55. The van der Waals surface area contributed by atoms with Crippen LogP contribution in [-0.2, 0) is 17.8 Å². The number of nitrogens with zero attached hydrogens (tertiary/aromatic N) is 2. The van der Waals surface area contributed by atoms with Gasteiger partial charge in [-0.25, -0.2) is 4.79 Å². The Kier molecular flexibility index (Phi) is 6.46. The van der Waals surface area contributed by atoms with Crippen molar-refractivity contribution in [3.8, 4) is 0 Å². The summed E-state index contributed by atoms with van der Waals surface area (Å²) in [6, 6.07) is 8.41. The first-order chi connectivity index (χ1) is 13.4. The molecule has 1 fully saturated rings. The molecule has 2 heterocycles. The van der Waals surface area contributed by atoms with Crippen molar-refractivity contribution in [2.75, 3.05) is 26.2 Å². The van der Waals surface area contributed by atoms with Crippen molar-refractivity contribution in [1.82, 2.24) is 19.8 Å². The van der Waals surface area contributed by atoms with E-state index in [1.807, 2.05) is 4.90 Å². The molecule has 0 saturated carbocycles. The molecule has 150 valence electrons. The van der Waals surface area contributed by atoms with Gasteiger partial charge in [-0.1, -0.05) is 24.3 Å². The van der Waals surface area contributed by atoms with Crippen LogP contribution in [0.25, 0.3) is 0 Å². The van der Waals surface area contributed by atoms with E-state index in [0.29, 0.717) is 24.2 Å². The third-order valence-corrected chi connectivity index (χ3v) is 5.44. The number of H-pyrrole nitrogens is 2. The zero-order chi connectivity index (χ0) is 20.1. The summed E-state index contributed by atoms with van der Waals surface area (Å²) < 4.78 is 0. The number of aromatic nitrogens is 2. The molecule has 0 spiro atoms. The summed E-state index contributed by atoms with van der Waals surface area (Å²) >= 11 is 0. The highest BCUT2D eigenvalue weighted by atomic mass is 16.2. The topological polar surface area (TPSA) is 89.3 Å². The van der Waals surface area contributed by atoms with Crippen LogP contribution in [-0.4, -0.2) is 51.9 Å². The van der Waals surface area contributed by atoms with Crippen LogP contribution in [0.5, 0.6) is 0 Å². The first-order valence-electron chi connectivity index (χ1n) is 9.81. The smallest absolute Gasteiger partial charge is 0.325 e. The van der Waals surface area contributed by atoms with Gasteiger partial charge in [-0.15, -0.1) is 0 Å². The van der Waals surface area contributed by atoms with E-state index >= 15 is 0 Å². The van der Waals surface area contributed by atoms with Gasteiger partial charge >= 0.3 is 5.69 Å².